The van der Waals surface area contributed by atoms with Crippen molar-refractivity contribution in [2.75, 3.05) is 24.5 Å². The number of anilines is 1. The molecule has 6 heteroatoms. The smallest absolute Gasteiger partial charge is 0.258 e. The highest BCUT2D eigenvalue weighted by molar-refractivity contribution is 5.67. The lowest BCUT2D eigenvalue weighted by Crippen LogP contribution is -2.29. The van der Waals surface area contributed by atoms with Crippen LogP contribution in [0, 0.1) is 6.92 Å². The van der Waals surface area contributed by atoms with Crippen LogP contribution in [0.2, 0.25) is 0 Å². The van der Waals surface area contributed by atoms with Gasteiger partial charge in [-0.25, -0.2) is 0 Å². The summed E-state index contributed by atoms with van der Waals surface area (Å²) in [7, 11) is 0. The lowest BCUT2D eigenvalue weighted by Gasteiger charge is -2.28. The van der Waals surface area contributed by atoms with Crippen molar-refractivity contribution in [3.63, 3.8) is 0 Å². The molecular formula is C22H25N5O. The number of hydrogen-bond acceptors (Lipinski definition) is 6. The van der Waals surface area contributed by atoms with Crippen LogP contribution in [0.15, 0.2) is 35.0 Å². The molecule has 1 fully saturated rings. The van der Waals surface area contributed by atoms with E-state index in [1.165, 1.54) is 36.1 Å². The Labute approximate surface area is 165 Å². The van der Waals surface area contributed by atoms with Crippen LogP contribution < -0.4 is 10.2 Å². The van der Waals surface area contributed by atoms with Crippen molar-refractivity contribution >= 4 is 5.69 Å². The Bertz CT molecular complexity index is 973. The van der Waals surface area contributed by atoms with Crippen LogP contribution in [0.5, 0.6) is 0 Å². The maximum absolute atomic E-state index is 5.62. The standard InChI is InChI=1S/C22H25N5O/c1-15-20(19-9-10-23-13-17(19)14-24-15)21-25-22(28-26-21)16-5-7-18(8-6-16)27-11-3-2-4-12-27/h5-8,14,23H,2-4,9-13H2,1H3. The summed E-state index contributed by atoms with van der Waals surface area (Å²) in [6.45, 7) is 6.11. The van der Waals surface area contributed by atoms with Crippen molar-refractivity contribution in [1.29, 1.82) is 0 Å². The summed E-state index contributed by atoms with van der Waals surface area (Å²) >= 11 is 0. The zero-order valence-corrected chi connectivity index (χ0v) is 16.2. The fourth-order valence-electron chi connectivity index (χ4n) is 4.28. The highest BCUT2D eigenvalue weighted by Gasteiger charge is 2.21. The predicted octanol–water partition coefficient (Wildman–Crippen LogP) is 3.74. The van der Waals surface area contributed by atoms with Gasteiger partial charge in [0.05, 0.1) is 0 Å². The molecule has 3 aromatic rings. The maximum Gasteiger partial charge on any atom is 0.258 e. The minimum atomic E-state index is 0.561. The van der Waals surface area contributed by atoms with Gasteiger partial charge in [0.2, 0.25) is 5.82 Å². The topological polar surface area (TPSA) is 67.1 Å². The zero-order valence-electron chi connectivity index (χ0n) is 16.2. The van der Waals surface area contributed by atoms with E-state index in [-0.39, 0.29) is 0 Å². The molecule has 0 amide bonds. The normalized spacial score (nSPS) is 16.8. The van der Waals surface area contributed by atoms with Gasteiger partial charge in [-0.1, -0.05) is 5.16 Å². The Morgan fingerprint density at radius 1 is 1.07 bits per heavy atom. The maximum atomic E-state index is 5.62. The molecule has 28 heavy (non-hydrogen) atoms. The van der Waals surface area contributed by atoms with Crippen LogP contribution in [0.1, 0.15) is 36.1 Å². The van der Waals surface area contributed by atoms with Crippen LogP contribution >= 0.6 is 0 Å². The van der Waals surface area contributed by atoms with E-state index in [1.807, 2.05) is 13.1 Å². The van der Waals surface area contributed by atoms with Crippen molar-refractivity contribution in [2.24, 2.45) is 0 Å². The molecule has 0 radical (unpaired) electrons. The van der Waals surface area contributed by atoms with Gasteiger partial charge in [-0.15, -0.1) is 0 Å². The highest BCUT2D eigenvalue weighted by Crippen LogP contribution is 2.31. The third-order valence-corrected chi connectivity index (χ3v) is 5.82. The van der Waals surface area contributed by atoms with Crippen LogP contribution in [0.4, 0.5) is 5.69 Å². The number of aryl methyl sites for hydroxylation is 1. The molecule has 2 aliphatic rings. The number of piperidine rings is 1. The molecule has 2 aliphatic heterocycles. The SMILES string of the molecule is Cc1ncc2c(c1-c1noc(-c3ccc(N4CCCCC4)cc3)n1)CCNC2. The van der Waals surface area contributed by atoms with Gasteiger partial charge >= 0.3 is 0 Å². The molecular weight excluding hydrogens is 350 g/mol. The number of hydrogen-bond donors (Lipinski definition) is 1. The van der Waals surface area contributed by atoms with E-state index in [0.29, 0.717) is 11.7 Å². The lowest BCUT2D eigenvalue weighted by atomic mass is 9.95. The van der Waals surface area contributed by atoms with Crippen LogP contribution in [-0.4, -0.2) is 34.8 Å². The second-order valence-electron chi connectivity index (χ2n) is 7.67. The van der Waals surface area contributed by atoms with E-state index < -0.39 is 0 Å². The monoisotopic (exact) mass is 375 g/mol. The summed E-state index contributed by atoms with van der Waals surface area (Å²) in [5.74, 6) is 1.20. The molecule has 0 saturated carbocycles. The van der Waals surface area contributed by atoms with Gasteiger partial charge in [0.25, 0.3) is 5.89 Å². The van der Waals surface area contributed by atoms with Gasteiger partial charge in [-0.2, -0.15) is 4.98 Å². The van der Waals surface area contributed by atoms with Gasteiger partial charge in [0.15, 0.2) is 0 Å². The van der Waals surface area contributed by atoms with Gasteiger partial charge < -0.3 is 14.7 Å². The van der Waals surface area contributed by atoms with Crippen molar-refractivity contribution in [3.05, 3.63) is 47.3 Å². The molecule has 1 saturated heterocycles. The number of rotatable bonds is 3. The number of fused-ring (bicyclic) bond motifs is 1. The molecule has 0 aliphatic carbocycles. The molecule has 0 spiro atoms. The second-order valence-corrected chi connectivity index (χ2v) is 7.67. The minimum Gasteiger partial charge on any atom is -0.372 e. The minimum absolute atomic E-state index is 0.561. The molecule has 1 N–H and O–H groups in total. The van der Waals surface area contributed by atoms with E-state index in [9.17, 15) is 0 Å². The first kappa shape index (κ1) is 17.4. The second kappa shape index (κ2) is 7.36. The number of benzene rings is 1. The average Bonchev–Trinajstić information content (AvgIpc) is 3.24. The van der Waals surface area contributed by atoms with Gasteiger partial charge in [0, 0.05) is 48.3 Å². The summed E-state index contributed by atoms with van der Waals surface area (Å²) in [5.41, 5.74) is 6.72. The largest absolute Gasteiger partial charge is 0.372 e. The van der Waals surface area contributed by atoms with E-state index in [4.69, 9.17) is 9.51 Å². The summed E-state index contributed by atoms with van der Waals surface area (Å²) in [4.78, 5) is 11.7. The van der Waals surface area contributed by atoms with Gasteiger partial charge in [-0.3, -0.25) is 4.98 Å². The van der Waals surface area contributed by atoms with Crippen LogP contribution in [0.25, 0.3) is 22.8 Å². The summed E-state index contributed by atoms with van der Waals surface area (Å²) < 4.78 is 5.62. The molecule has 6 nitrogen and oxygen atoms in total. The molecule has 4 heterocycles. The Balaban J connectivity index is 1.44. The number of nitrogens with one attached hydrogen (secondary N) is 1. The Morgan fingerprint density at radius 3 is 2.71 bits per heavy atom. The summed E-state index contributed by atoms with van der Waals surface area (Å²) in [6, 6.07) is 8.48. The quantitative estimate of drug-likeness (QED) is 0.752. The fourth-order valence-corrected chi connectivity index (χ4v) is 4.28. The fraction of sp³-hybridized carbons (Fsp3) is 0.409. The number of aromatic nitrogens is 3. The van der Waals surface area contributed by atoms with E-state index in [1.54, 1.807) is 0 Å². The number of nitrogens with zero attached hydrogens (tertiary/aromatic N) is 4. The zero-order chi connectivity index (χ0) is 18.9. The summed E-state index contributed by atoms with van der Waals surface area (Å²) in [6.07, 6.45) is 6.81. The van der Waals surface area contributed by atoms with Crippen LogP contribution in [0.3, 0.4) is 0 Å². The predicted molar refractivity (Wildman–Crippen MR) is 109 cm³/mol. The molecule has 1 aromatic carbocycles. The summed E-state index contributed by atoms with van der Waals surface area (Å²) in [5, 5.41) is 7.68. The number of pyridine rings is 1. The molecule has 0 unspecified atom stereocenters. The van der Waals surface area contributed by atoms with Crippen molar-refractivity contribution in [1.82, 2.24) is 20.4 Å². The van der Waals surface area contributed by atoms with E-state index in [2.05, 4.69) is 44.6 Å². The molecule has 2 aromatic heterocycles. The van der Waals surface area contributed by atoms with E-state index in [0.717, 1.165) is 49.4 Å². The third-order valence-electron chi connectivity index (χ3n) is 5.82. The first-order valence-electron chi connectivity index (χ1n) is 10.2. The Hall–Kier alpha value is -2.73. The van der Waals surface area contributed by atoms with Crippen molar-refractivity contribution in [3.8, 4) is 22.8 Å². The van der Waals surface area contributed by atoms with Gasteiger partial charge in [0.1, 0.15) is 0 Å². The molecule has 0 bridgehead atoms. The highest BCUT2D eigenvalue weighted by atomic mass is 16.5. The Kier molecular flexibility index (Phi) is 4.56. The molecule has 0 atom stereocenters. The first-order valence-corrected chi connectivity index (χ1v) is 10.2. The van der Waals surface area contributed by atoms with Crippen LogP contribution in [-0.2, 0) is 13.0 Å². The molecule has 5 rings (SSSR count). The third kappa shape index (κ3) is 3.18. The first-order chi connectivity index (χ1) is 13.8. The molecule has 144 valence electrons. The van der Waals surface area contributed by atoms with Crippen molar-refractivity contribution in [2.45, 2.75) is 39.2 Å². The van der Waals surface area contributed by atoms with Gasteiger partial charge in [-0.05, 0) is 74.5 Å². The average molecular weight is 375 g/mol. The lowest BCUT2D eigenvalue weighted by molar-refractivity contribution is 0.432. The van der Waals surface area contributed by atoms with E-state index >= 15 is 0 Å². The van der Waals surface area contributed by atoms with Crippen molar-refractivity contribution < 1.29 is 4.52 Å². The Morgan fingerprint density at radius 2 is 1.89 bits per heavy atom.